The Morgan fingerprint density at radius 3 is 2.58 bits per heavy atom. The van der Waals surface area contributed by atoms with Crippen molar-refractivity contribution in [1.29, 1.82) is 0 Å². The maximum Gasteiger partial charge on any atom is 0.270 e. The number of benzene rings is 2. The second kappa shape index (κ2) is 7.57. The largest absolute Gasteiger partial charge is 0.352 e. The van der Waals surface area contributed by atoms with Gasteiger partial charge in [0.2, 0.25) is 0 Å². The van der Waals surface area contributed by atoms with E-state index in [0.29, 0.717) is 23.2 Å². The zero-order valence-corrected chi connectivity index (χ0v) is 16.3. The van der Waals surface area contributed by atoms with Crippen molar-refractivity contribution < 1.29 is 18.0 Å². The maximum absolute atomic E-state index is 14.4. The van der Waals surface area contributed by atoms with E-state index in [-0.39, 0.29) is 34.8 Å². The van der Waals surface area contributed by atoms with E-state index in [1.165, 1.54) is 24.4 Å². The zero-order valence-electron chi connectivity index (χ0n) is 16.3. The highest BCUT2D eigenvalue weighted by Crippen LogP contribution is 2.48. The van der Waals surface area contributed by atoms with E-state index in [1.54, 1.807) is 12.1 Å². The van der Waals surface area contributed by atoms with Gasteiger partial charge in [-0.3, -0.25) is 9.89 Å². The maximum atomic E-state index is 14.4. The molecule has 1 amide bonds. The first-order chi connectivity index (χ1) is 15.0. The van der Waals surface area contributed by atoms with Gasteiger partial charge in [0.1, 0.15) is 23.1 Å². The standard InChI is InChI=1S/C22H18F3N5O/c23-14-3-1-12(2-4-14)20-19(16-7-15(24)8-17(25)21(16)28-20)13-5-11(6-13)9-26-22(31)18-10-27-30-29-18/h1-4,7-8,10-11,13,28H,5-6,9H2,(H,26,31)(H,27,29,30)/t11-,13+. The van der Waals surface area contributed by atoms with Crippen molar-refractivity contribution in [1.82, 2.24) is 25.7 Å². The molecule has 2 aromatic carbocycles. The third kappa shape index (κ3) is 3.56. The number of hydrogen-bond acceptors (Lipinski definition) is 3. The van der Waals surface area contributed by atoms with Gasteiger partial charge >= 0.3 is 0 Å². The van der Waals surface area contributed by atoms with Gasteiger partial charge in [-0.05, 0) is 66.1 Å². The van der Waals surface area contributed by atoms with Gasteiger partial charge in [0.25, 0.3) is 5.91 Å². The summed E-state index contributed by atoms with van der Waals surface area (Å²) in [6.45, 7) is 0.477. The first-order valence-electron chi connectivity index (χ1n) is 9.90. The summed E-state index contributed by atoms with van der Waals surface area (Å²) in [4.78, 5) is 15.1. The Bertz CT molecular complexity index is 1240. The number of H-pyrrole nitrogens is 2. The van der Waals surface area contributed by atoms with E-state index in [1.807, 2.05) is 0 Å². The van der Waals surface area contributed by atoms with Crippen LogP contribution in [0.4, 0.5) is 13.2 Å². The topological polar surface area (TPSA) is 86.5 Å². The number of hydrogen-bond donors (Lipinski definition) is 3. The van der Waals surface area contributed by atoms with Crippen LogP contribution < -0.4 is 5.32 Å². The van der Waals surface area contributed by atoms with Gasteiger partial charge in [-0.2, -0.15) is 0 Å². The Labute approximate surface area is 174 Å². The number of aromatic nitrogens is 4. The Morgan fingerprint density at radius 1 is 1.10 bits per heavy atom. The molecule has 0 aliphatic heterocycles. The lowest BCUT2D eigenvalue weighted by Gasteiger charge is -2.36. The van der Waals surface area contributed by atoms with Crippen molar-refractivity contribution in [2.75, 3.05) is 6.54 Å². The van der Waals surface area contributed by atoms with Crippen LogP contribution in [-0.2, 0) is 0 Å². The number of halogens is 3. The van der Waals surface area contributed by atoms with Crippen LogP contribution in [0.15, 0.2) is 42.6 Å². The number of carbonyl (C=O) groups is 1. The van der Waals surface area contributed by atoms with E-state index in [9.17, 15) is 18.0 Å². The number of rotatable bonds is 5. The molecule has 31 heavy (non-hydrogen) atoms. The van der Waals surface area contributed by atoms with Gasteiger partial charge < -0.3 is 10.3 Å². The molecule has 158 valence electrons. The summed E-state index contributed by atoms with van der Waals surface area (Å²) in [7, 11) is 0. The van der Waals surface area contributed by atoms with Gasteiger partial charge in [0.15, 0.2) is 0 Å². The minimum absolute atomic E-state index is 0.0609. The van der Waals surface area contributed by atoms with Gasteiger partial charge in [-0.25, -0.2) is 13.2 Å². The summed E-state index contributed by atoms with van der Waals surface area (Å²) in [5.74, 6) is -1.67. The highest BCUT2D eigenvalue weighted by atomic mass is 19.1. The lowest BCUT2D eigenvalue weighted by Crippen LogP contribution is -2.35. The molecule has 6 nitrogen and oxygen atoms in total. The second-order valence-corrected chi connectivity index (χ2v) is 7.85. The number of fused-ring (bicyclic) bond motifs is 1. The molecule has 9 heteroatoms. The van der Waals surface area contributed by atoms with Crippen LogP contribution in [0, 0.1) is 23.4 Å². The minimum atomic E-state index is -0.666. The van der Waals surface area contributed by atoms with E-state index in [0.717, 1.165) is 24.5 Å². The van der Waals surface area contributed by atoms with Crippen LogP contribution in [-0.4, -0.2) is 32.8 Å². The summed E-state index contributed by atoms with van der Waals surface area (Å²) >= 11 is 0. The molecule has 1 fully saturated rings. The molecule has 0 atom stereocenters. The van der Waals surface area contributed by atoms with E-state index < -0.39 is 11.6 Å². The Balaban J connectivity index is 1.41. The molecule has 0 radical (unpaired) electrons. The van der Waals surface area contributed by atoms with Crippen LogP contribution >= 0.6 is 0 Å². The third-order valence-electron chi connectivity index (χ3n) is 5.85. The number of amides is 1. The Morgan fingerprint density at radius 2 is 1.87 bits per heavy atom. The summed E-state index contributed by atoms with van der Waals surface area (Å²) in [6, 6.07) is 8.09. The van der Waals surface area contributed by atoms with Gasteiger partial charge in [0.05, 0.1) is 17.4 Å². The summed E-state index contributed by atoms with van der Waals surface area (Å²) in [5.41, 5.74) is 2.71. The molecule has 2 aromatic heterocycles. The van der Waals surface area contributed by atoms with Crippen molar-refractivity contribution in [2.45, 2.75) is 18.8 Å². The molecule has 3 N–H and O–H groups in total. The SMILES string of the molecule is O=C(NC[C@H]1C[C@@H](c2c(-c3ccc(F)cc3)[nH]c3c(F)cc(F)cc32)C1)c1cnn[nH]1. The first kappa shape index (κ1) is 19.3. The van der Waals surface area contributed by atoms with Crippen molar-refractivity contribution in [3.05, 3.63) is 71.3 Å². The van der Waals surface area contributed by atoms with Crippen LogP contribution in [0.25, 0.3) is 22.2 Å². The van der Waals surface area contributed by atoms with Crippen LogP contribution in [0.2, 0.25) is 0 Å². The van der Waals surface area contributed by atoms with Crippen molar-refractivity contribution in [3.63, 3.8) is 0 Å². The Kier molecular flexibility index (Phi) is 4.72. The summed E-state index contributed by atoms with van der Waals surface area (Å²) in [5, 5.41) is 12.9. The fourth-order valence-electron chi connectivity index (χ4n) is 4.29. The van der Waals surface area contributed by atoms with Crippen molar-refractivity contribution in [2.24, 2.45) is 5.92 Å². The number of aromatic amines is 2. The number of carbonyl (C=O) groups excluding carboxylic acids is 1. The van der Waals surface area contributed by atoms with E-state index in [4.69, 9.17) is 0 Å². The normalized spacial score (nSPS) is 18.2. The summed E-state index contributed by atoms with van der Waals surface area (Å²) < 4.78 is 41.8. The molecule has 0 spiro atoms. The van der Waals surface area contributed by atoms with E-state index >= 15 is 0 Å². The van der Waals surface area contributed by atoms with Gasteiger partial charge in [-0.15, -0.1) is 5.10 Å². The lowest BCUT2D eigenvalue weighted by atomic mass is 9.70. The molecular formula is C22H18F3N5O. The first-order valence-corrected chi connectivity index (χ1v) is 9.90. The molecule has 0 bridgehead atoms. The quantitative estimate of drug-likeness (QED) is 0.446. The predicted molar refractivity (Wildman–Crippen MR) is 108 cm³/mol. The molecule has 1 aliphatic rings. The smallest absolute Gasteiger partial charge is 0.270 e. The highest BCUT2D eigenvalue weighted by molar-refractivity contribution is 5.92. The van der Waals surface area contributed by atoms with Crippen LogP contribution in [0.5, 0.6) is 0 Å². The average Bonchev–Trinajstić information content (AvgIpc) is 3.36. The third-order valence-corrected chi connectivity index (χ3v) is 5.85. The zero-order chi connectivity index (χ0) is 21.5. The van der Waals surface area contributed by atoms with Crippen LogP contribution in [0.1, 0.15) is 34.8 Å². The average molecular weight is 425 g/mol. The molecule has 5 rings (SSSR count). The fourth-order valence-corrected chi connectivity index (χ4v) is 4.29. The molecule has 2 heterocycles. The van der Waals surface area contributed by atoms with Gasteiger partial charge in [0, 0.05) is 18.0 Å². The minimum Gasteiger partial charge on any atom is -0.352 e. The monoisotopic (exact) mass is 425 g/mol. The fraction of sp³-hybridized carbons (Fsp3) is 0.227. The lowest BCUT2D eigenvalue weighted by molar-refractivity contribution is 0.0930. The predicted octanol–water partition coefficient (Wildman–Crippen LogP) is 4.29. The molecule has 0 unspecified atom stereocenters. The molecule has 1 aliphatic carbocycles. The van der Waals surface area contributed by atoms with Crippen molar-refractivity contribution in [3.8, 4) is 11.3 Å². The van der Waals surface area contributed by atoms with E-state index in [2.05, 4.69) is 25.7 Å². The second-order valence-electron chi connectivity index (χ2n) is 7.85. The van der Waals surface area contributed by atoms with Crippen molar-refractivity contribution >= 4 is 16.8 Å². The number of nitrogens with zero attached hydrogens (tertiary/aromatic N) is 2. The molecule has 1 saturated carbocycles. The highest BCUT2D eigenvalue weighted by Gasteiger charge is 2.35. The van der Waals surface area contributed by atoms with Gasteiger partial charge in [-0.1, -0.05) is 5.21 Å². The Hall–Kier alpha value is -3.62. The van der Waals surface area contributed by atoms with Crippen LogP contribution in [0.3, 0.4) is 0 Å². The summed E-state index contributed by atoms with van der Waals surface area (Å²) in [6.07, 6.45) is 2.85. The molecule has 4 aromatic rings. The molecular weight excluding hydrogens is 407 g/mol. The number of nitrogens with one attached hydrogen (secondary N) is 3. The molecule has 0 saturated heterocycles.